The largest absolute Gasteiger partial charge is 0.378 e. The number of aromatic nitrogens is 1. The minimum atomic E-state index is -0.554. The molecule has 0 saturated carbocycles. The summed E-state index contributed by atoms with van der Waals surface area (Å²) in [7, 11) is 3.98. The van der Waals surface area contributed by atoms with Crippen molar-refractivity contribution in [2.75, 3.05) is 31.3 Å². The molecular formula is C20H21ClN4O2. The molecule has 0 spiro atoms. The zero-order chi connectivity index (χ0) is 19.4. The number of anilines is 3. The summed E-state index contributed by atoms with van der Waals surface area (Å²) in [5.74, 6) is 0. The van der Waals surface area contributed by atoms with Gasteiger partial charge in [-0.1, -0.05) is 41.9 Å². The van der Waals surface area contributed by atoms with Gasteiger partial charge in [0.05, 0.1) is 5.69 Å². The highest BCUT2D eigenvalue weighted by Crippen LogP contribution is 2.25. The molecule has 0 radical (unpaired) electrons. The average Bonchev–Trinajstić information content (AvgIpc) is 2.68. The summed E-state index contributed by atoms with van der Waals surface area (Å²) in [5, 5.41) is 6.29. The SMILES string of the molecule is CN(C)C(CNc1c(Nc2cccnc2Cl)c(=O)c1=O)Cc1ccccc1. The Morgan fingerprint density at radius 1 is 1.04 bits per heavy atom. The number of halogens is 1. The number of rotatable bonds is 8. The first-order chi connectivity index (χ1) is 13.0. The minimum absolute atomic E-state index is 0.159. The first-order valence-corrected chi connectivity index (χ1v) is 9.00. The smallest absolute Gasteiger partial charge is 0.253 e. The molecular weight excluding hydrogens is 364 g/mol. The molecule has 3 aromatic rings. The first kappa shape index (κ1) is 19.1. The van der Waals surface area contributed by atoms with E-state index in [1.807, 2.05) is 32.3 Å². The van der Waals surface area contributed by atoms with Crippen LogP contribution in [0.25, 0.3) is 0 Å². The third kappa shape index (κ3) is 4.35. The van der Waals surface area contributed by atoms with Crippen molar-refractivity contribution >= 4 is 28.7 Å². The second kappa shape index (κ2) is 8.33. The van der Waals surface area contributed by atoms with Crippen molar-refractivity contribution in [1.29, 1.82) is 0 Å². The quantitative estimate of drug-likeness (QED) is 0.459. The third-order valence-corrected chi connectivity index (χ3v) is 4.79. The molecule has 6 nitrogen and oxygen atoms in total. The molecule has 1 unspecified atom stereocenters. The highest BCUT2D eigenvalue weighted by atomic mass is 35.5. The summed E-state index contributed by atoms with van der Waals surface area (Å²) >= 11 is 6.02. The molecule has 0 bridgehead atoms. The lowest BCUT2D eigenvalue weighted by atomic mass is 10.0. The van der Waals surface area contributed by atoms with Crippen LogP contribution in [0.1, 0.15) is 5.56 Å². The van der Waals surface area contributed by atoms with Crippen LogP contribution in [0.15, 0.2) is 58.3 Å². The van der Waals surface area contributed by atoms with Gasteiger partial charge in [-0.15, -0.1) is 0 Å². The zero-order valence-corrected chi connectivity index (χ0v) is 16.0. The van der Waals surface area contributed by atoms with Crippen molar-refractivity contribution < 1.29 is 0 Å². The fraction of sp³-hybridized carbons (Fsp3) is 0.250. The second-order valence-corrected chi connectivity index (χ2v) is 6.92. The van der Waals surface area contributed by atoms with Gasteiger partial charge >= 0.3 is 0 Å². The molecule has 140 valence electrons. The molecule has 1 aromatic heterocycles. The summed E-state index contributed by atoms with van der Waals surface area (Å²) in [5.41, 5.74) is 1.15. The lowest BCUT2D eigenvalue weighted by Gasteiger charge is -2.26. The van der Waals surface area contributed by atoms with Gasteiger partial charge in [0.1, 0.15) is 11.4 Å². The van der Waals surface area contributed by atoms with E-state index in [-0.39, 0.29) is 16.9 Å². The van der Waals surface area contributed by atoms with Crippen LogP contribution in [0.5, 0.6) is 0 Å². The van der Waals surface area contributed by atoms with Crippen LogP contribution in [-0.4, -0.2) is 36.6 Å². The number of hydrogen-bond acceptors (Lipinski definition) is 6. The molecule has 0 aliphatic rings. The van der Waals surface area contributed by atoms with Crippen LogP contribution in [0, 0.1) is 0 Å². The van der Waals surface area contributed by atoms with Gasteiger partial charge < -0.3 is 15.5 Å². The molecule has 0 amide bonds. The Bertz CT molecular complexity index is 981. The summed E-state index contributed by atoms with van der Waals surface area (Å²) in [6.45, 7) is 0.530. The molecule has 0 saturated heterocycles. The minimum Gasteiger partial charge on any atom is -0.378 e. The van der Waals surface area contributed by atoms with E-state index in [0.29, 0.717) is 17.9 Å². The number of nitrogens with one attached hydrogen (secondary N) is 2. The van der Waals surface area contributed by atoms with E-state index in [9.17, 15) is 9.59 Å². The molecule has 2 N–H and O–H groups in total. The molecule has 27 heavy (non-hydrogen) atoms. The molecule has 3 rings (SSSR count). The summed E-state index contributed by atoms with van der Waals surface area (Å²) in [4.78, 5) is 30.0. The van der Waals surface area contributed by atoms with Gasteiger partial charge in [-0.25, -0.2) is 4.98 Å². The van der Waals surface area contributed by atoms with Crippen LogP contribution >= 0.6 is 11.6 Å². The number of nitrogens with zero attached hydrogens (tertiary/aromatic N) is 2. The van der Waals surface area contributed by atoms with Crippen molar-refractivity contribution in [3.05, 3.63) is 79.8 Å². The molecule has 2 aromatic carbocycles. The van der Waals surface area contributed by atoms with Crippen molar-refractivity contribution in [2.24, 2.45) is 0 Å². The predicted octanol–water partition coefficient (Wildman–Crippen LogP) is 2.66. The number of hydrogen-bond donors (Lipinski definition) is 2. The Hall–Kier alpha value is -2.70. The summed E-state index contributed by atoms with van der Waals surface area (Å²) in [6.07, 6.45) is 2.38. The van der Waals surface area contributed by atoms with Crippen molar-refractivity contribution in [1.82, 2.24) is 9.88 Å². The lowest BCUT2D eigenvalue weighted by Crippen LogP contribution is -2.41. The summed E-state index contributed by atoms with van der Waals surface area (Å²) < 4.78 is 0. The molecule has 1 heterocycles. The zero-order valence-electron chi connectivity index (χ0n) is 15.2. The van der Waals surface area contributed by atoms with E-state index >= 15 is 0 Å². The van der Waals surface area contributed by atoms with Crippen LogP contribution in [0.4, 0.5) is 17.1 Å². The molecule has 1 atom stereocenters. The van der Waals surface area contributed by atoms with Gasteiger partial charge in [0, 0.05) is 18.8 Å². The highest BCUT2D eigenvalue weighted by Gasteiger charge is 2.23. The van der Waals surface area contributed by atoms with Crippen LogP contribution in [-0.2, 0) is 6.42 Å². The van der Waals surface area contributed by atoms with E-state index in [4.69, 9.17) is 11.6 Å². The Balaban J connectivity index is 1.72. The normalized spacial score (nSPS) is 12.3. The van der Waals surface area contributed by atoms with E-state index in [1.54, 1.807) is 18.3 Å². The first-order valence-electron chi connectivity index (χ1n) is 8.62. The molecule has 0 aliphatic heterocycles. The van der Waals surface area contributed by atoms with Crippen molar-refractivity contribution in [2.45, 2.75) is 12.5 Å². The maximum atomic E-state index is 12.0. The fourth-order valence-corrected chi connectivity index (χ4v) is 3.00. The van der Waals surface area contributed by atoms with Gasteiger partial charge in [-0.3, -0.25) is 9.59 Å². The topological polar surface area (TPSA) is 74.3 Å². The molecule has 0 aliphatic carbocycles. The van der Waals surface area contributed by atoms with Gasteiger partial charge in [-0.2, -0.15) is 0 Å². The number of pyridine rings is 1. The van der Waals surface area contributed by atoms with Crippen molar-refractivity contribution in [3.8, 4) is 0 Å². The van der Waals surface area contributed by atoms with Crippen LogP contribution in [0.2, 0.25) is 5.15 Å². The maximum absolute atomic E-state index is 12.0. The Morgan fingerprint density at radius 3 is 2.41 bits per heavy atom. The van der Waals surface area contributed by atoms with Crippen molar-refractivity contribution in [3.63, 3.8) is 0 Å². The van der Waals surface area contributed by atoms with Crippen LogP contribution in [0.3, 0.4) is 0 Å². The van der Waals surface area contributed by atoms with Gasteiger partial charge in [0.15, 0.2) is 5.15 Å². The predicted molar refractivity (Wildman–Crippen MR) is 110 cm³/mol. The maximum Gasteiger partial charge on any atom is 0.253 e. The second-order valence-electron chi connectivity index (χ2n) is 6.56. The Morgan fingerprint density at radius 2 is 1.74 bits per heavy atom. The molecule has 0 fully saturated rings. The van der Waals surface area contributed by atoms with E-state index < -0.39 is 10.9 Å². The average molecular weight is 385 g/mol. The number of benzene rings is 1. The van der Waals surface area contributed by atoms with Gasteiger partial charge in [-0.05, 0) is 38.2 Å². The van der Waals surface area contributed by atoms with E-state index in [2.05, 4.69) is 32.7 Å². The fourth-order valence-electron chi connectivity index (χ4n) is 2.84. The Labute approximate surface area is 162 Å². The standard InChI is InChI=1S/C20H21ClN4O2/c1-25(2)14(11-13-7-4-3-5-8-13)12-23-16-17(19(27)18(16)26)24-15-9-6-10-22-20(15)21/h3-10,14,23-24H,11-12H2,1-2H3. The van der Waals surface area contributed by atoms with E-state index in [0.717, 1.165) is 6.42 Å². The number of likely N-dealkylation sites (N-methyl/N-ethyl adjacent to an activating group) is 1. The third-order valence-electron chi connectivity index (χ3n) is 4.49. The Kier molecular flexibility index (Phi) is 5.88. The monoisotopic (exact) mass is 384 g/mol. The van der Waals surface area contributed by atoms with E-state index in [1.165, 1.54) is 5.56 Å². The van der Waals surface area contributed by atoms with Gasteiger partial charge in [0.25, 0.3) is 10.9 Å². The summed E-state index contributed by atoms with van der Waals surface area (Å²) in [6, 6.07) is 13.7. The van der Waals surface area contributed by atoms with Gasteiger partial charge in [0.2, 0.25) is 0 Å². The van der Waals surface area contributed by atoms with Crippen LogP contribution < -0.4 is 21.5 Å². The highest BCUT2D eigenvalue weighted by molar-refractivity contribution is 6.32. The molecule has 7 heteroatoms. The lowest BCUT2D eigenvalue weighted by molar-refractivity contribution is 0.303.